The van der Waals surface area contributed by atoms with Gasteiger partial charge in [0.05, 0.1) is 10.5 Å². The van der Waals surface area contributed by atoms with Gasteiger partial charge >= 0.3 is 0 Å². The fraction of sp³-hybridized carbons (Fsp3) is 0.0833. The highest BCUT2D eigenvalue weighted by molar-refractivity contribution is 7.09. The van der Waals surface area contributed by atoms with E-state index in [1.54, 1.807) is 11.3 Å². The Hall–Kier alpha value is -2.01. The molecule has 84 valence electrons. The van der Waals surface area contributed by atoms with Crippen molar-refractivity contribution in [2.75, 3.05) is 5.73 Å². The molecule has 5 heteroatoms. The zero-order chi connectivity index (χ0) is 11.8. The van der Waals surface area contributed by atoms with E-state index < -0.39 is 0 Å². The van der Waals surface area contributed by atoms with E-state index in [9.17, 15) is 0 Å². The van der Waals surface area contributed by atoms with Gasteiger partial charge in [0, 0.05) is 10.8 Å². The van der Waals surface area contributed by atoms with E-state index in [0.29, 0.717) is 11.6 Å². The molecular weight excluding hydrogens is 232 g/mol. The van der Waals surface area contributed by atoms with E-state index in [1.165, 1.54) is 0 Å². The Morgan fingerprint density at radius 3 is 2.71 bits per heavy atom. The van der Waals surface area contributed by atoms with Gasteiger partial charge in [-0.2, -0.15) is 0 Å². The van der Waals surface area contributed by atoms with Crippen LogP contribution in [0.2, 0.25) is 0 Å². The molecule has 3 rings (SSSR count). The van der Waals surface area contributed by atoms with Gasteiger partial charge in [-0.25, -0.2) is 15.0 Å². The van der Waals surface area contributed by atoms with Crippen LogP contribution in [0.3, 0.4) is 0 Å². The molecule has 0 amide bonds. The topological polar surface area (TPSA) is 64.7 Å². The largest absolute Gasteiger partial charge is 0.383 e. The number of benzene rings is 1. The van der Waals surface area contributed by atoms with Crippen LogP contribution in [-0.2, 0) is 0 Å². The van der Waals surface area contributed by atoms with Crippen LogP contribution in [0, 0.1) is 6.92 Å². The highest BCUT2D eigenvalue weighted by atomic mass is 32.1. The van der Waals surface area contributed by atoms with Gasteiger partial charge in [0.2, 0.25) is 0 Å². The monoisotopic (exact) mass is 242 g/mol. The van der Waals surface area contributed by atoms with Gasteiger partial charge in [-0.3, -0.25) is 0 Å². The summed E-state index contributed by atoms with van der Waals surface area (Å²) in [7, 11) is 0. The minimum absolute atomic E-state index is 0.497. The molecule has 0 aliphatic heterocycles. The third kappa shape index (κ3) is 1.74. The zero-order valence-electron chi connectivity index (χ0n) is 9.21. The molecule has 0 aliphatic rings. The lowest BCUT2D eigenvalue weighted by Gasteiger charge is -2.02. The molecule has 4 nitrogen and oxygen atoms in total. The fourth-order valence-corrected chi connectivity index (χ4v) is 2.27. The maximum atomic E-state index is 5.93. The summed E-state index contributed by atoms with van der Waals surface area (Å²) in [5.74, 6) is 1.09. The van der Waals surface area contributed by atoms with Crippen molar-refractivity contribution in [1.82, 2.24) is 15.0 Å². The van der Waals surface area contributed by atoms with Gasteiger partial charge in [0.25, 0.3) is 0 Å². The standard InChI is InChI=1S/C12H10N4S/c1-7-14-10(6-17-7)12-15-9-5-3-2-4-8(9)11(13)16-12/h2-6H,1H3,(H2,13,15,16). The molecule has 0 unspecified atom stereocenters. The number of thiazole rings is 1. The third-order valence-electron chi connectivity index (χ3n) is 2.48. The number of fused-ring (bicyclic) bond motifs is 1. The maximum Gasteiger partial charge on any atom is 0.181 e. The third-order valence-corrected chi connectivity index (χ3v) is 3.25. The van der Waals surface area contributed by atoms with Gasteiger partial charge < -0.3 is 5.73 Å². The number of anilines is 1. The number of nitrogens with zero attached hydrogens (tertiary/aromatic N) is 3. The molecule has 0 radical (unpaired) electrons. The highest BCUT2D eigenvalue weighted by Crippen LogP contribution is 2.23. The molecule has 0 fully saturated rings. The van der Waals surface area contributed by atoms with Crippen LogP contribution in [0.25, 0.3) is 22.4 Å². The molecule has 0 atom stereocenters. The lowest BCUT2D eigenvalue weighted by Crippen LogP contribution is -1.97. The summed E-state index contributed by atoms with van der Waals surface area (Å²) in [6, 6.07) is 7.70. The summed E-state index contributed by atoms with van der Waals surface area (Å²) in [4.78, 5) is 13.1. The number of rotatable bonds is 1. The predicted octanol–water partition coefficient (Wildman–Crippen LogP) is 2.64. The number of aryl methyl sites for hydroxylation is 1. The molecule has 2 N–H and O–H groups in total. The molecule has 0 aliphatic carbocycles. The van der Waals surface area contributed by atoms with Gasteiger partial charge in [-0.15, -0.1) is 11.3 Å². The van der Waals surface area contributed by atoms with Crippen LogP contribution >= 0.6 is 11.3 Å². The van der Waals surface area contributed by atoms with Crippen LogP contribution in [0.1, 0.15) is 5.01 Å². The van der Waals surface area contributed by atoms with Crippen molar-refractivity contribution < 1.29 is 0 Å². The number of para-hydroxylation sites is 1. The Bertz CT molecular complexity index is 690. The predicted molar refractivity (Wildman–Crippen MR) is 69.8 cm³/mol. The molecule has 1 aromatic carbocycles. The second kappa shape index (κ2) is 3.78. The number of hydrogen-bond acceptors (Lipinski definition) is 5. The summed E-state index contributed by atoms with van der Waals surface area (Å²) < 4.78 is 0. The van der Waals surface area contributed by atoms with Crippen molar-refractivity contribution in [3.63, 3.8) is 0 Å². The minimum Gasteiger partial charge on any atom is -0.383 e. The van der Waals surface area contributed by atoms with Crippen molar-refractivity contribution >= 4 is 28.1 Å². The van der Waals surface area contributed by atoms with Crippen LogP contribution in [0.4, 0.5) is 5.82 Å². The lowest BCUT2D eigenvalue weighted by atomic mass is 10.2. The molecule has 0 saturated carbocycles. The zero-order valence-corrected chi connectivity index (χ0v) is 10.0. The Morgan fingerprint density at radius 1 is 1.12 bits per heavy atom. The lowest BCUT2D eigenvalue weighted by molar-refractivity contribution is 1.18. The Balaban J connectivity index is 2.25. The number of aromatic nitrogens is 3. The molecule has 0 bridgehead atoms. The number of nitrogens with two attached hydrogens (primary N) is 1. The van der Waals surface area contributed by atoms with E-state index in [-0.39, 0.29) is 0 Å². The highest BCUT2D eigenvalue weighted by Gasteiger charge is 2.09. The summed E-state index contributed by atoms with van der Waals surface area (Å²) in [5.41, 5.74) is 7.56. The molecule has 3 aromatic rings. The molecular formula is C12H10N4S. The SMILES string of the molecule is Cc1nc(-c2nc(N)c3ccccc3n2)cs1. The maximum absolute atomic E-state index is 5.93. The summed E-state index contributed by atoms with van der Waals surface area (Å²) in [6.45, 7) is 1.96. The Kier molecular flexibility index (Phi) is 2.26. The van der Waals surface area contributed by atoms with Crippen LogP contribution in [-0.4, -0.2) is 15.0 Å². The second-order valence-electron chi connectivity index (χ2n) is 3.70. The van der Waals surface area contributed by atoms with E-state index in [4.69, 9.17) is 5.73 Å². The van der Waals surface area contributed by atoms with Crippen LogP contribution < -0.4 is 5.73 Å². The quantitative estimate of drug-likeness (QED) is 0.712. The van der Waals surface area contributed by atoms with Gasteiger partial charge in [0.15, 0.2) is 5.82 Å². The van der Waals surface area contributed by atoms with Crippen molar-refractivity contribution in [2.45, 2.75) is 6.92 Å². The average Bonchev–Trinajstić information content (AvgIpc) is 2.76. The Morgan fingerprint density at radius 2 is 1.94 bits per heavy atom. The van der Waals surface area contributed by atoms with Crippen LogP contribution in [0.5, 0.6) is 0 Å². The first-order valence-electron chi connectivity index (χ1n) is 5.19. The summed E-state index contributed by atoms with van der Waals surface area (Å²) >= 11 is 1.58. The van der Waals surface area contributed by atoms with Crippen molar-refractivity contribution in [3.8, 4) is 11.5 Å². The van der Waals surface area contributed by atoms with Crippen LogP contribution in [0.15, 0.2) is 29.6 Å². The number of nitrogen functional groups attached to an aromatic ring is 1. The van der Waals surface area contributed by atoms with Gasteiger partial charge in [-0.1, -0.05) is 12.1 Å². The normalized spacial score (nSPS) is 10.9. The van der Waals surface area contributed by atoms with Crippen molar-refractivity contribution in [2.24, 2.45) is 0 Å². The second-order valence-corrected chi connectivity index (χ2v) is 4.76. The van der Waals surface area contributed by atoms with E-state index in [2.05, 4.69) is 15.0 Å². The number of hydrogen-bond donors (Lipinski definition) is 1. The summed E-state index contributed by atoms with van der Waals surface area (Å²) in [6.07, 6.45) is 0. The molecule has 0 saturated heterocycles. The van der Waals surface area contributed by atoms with Crippen molar-refractivity contribution in [1.29, 1.82) is 0 Å². The first kappa shape index (κ1) is 10.2. The van der Waals surface area contributed by atoms with E-state index in [0.717, 1.165) is 21.6 Å². The molecule has 2 aromatic heterocycles. The first-order valence-corrected chi connectivity index (χ1v) is 6.07. The van der Waals surface area contributed by atoms with Gasteiger partial charge in [0.1, 0.15) is 11.5 Å². The van der Waals surface area contributed by atoms with E-state index in [1.807, 2.05) is 36.6 Å². The van der Waals surface area contributed by atoms with Crippen molar-refractivity contribution in [3.05, 3.63) is 34.7 Å². The smallest absolute Gasteiger partial charge is 0.181 e. The first-order chi connectivity index (χ1) is 8.24. The fourth-order valence-electron chi connectivity index (χ4n) is 1.68. The minimum atomic E-state index is 0.497. The summed E-state index contributed by atoms with van der Waals surface area (Å²) in [5, 5.41) is 3.82. The Labute approximate surface area is 102 Å². The van der Waals surface area contributed by atoms with E-state index >= 15 is 0 Å². The molecule has 0 spiro atoms. The molecule has 17 heavy (non-hydrogen) atoms. The molecule has 2 heterocycles. The average molecular weight is 242 g/mol. The van der Waals surface area contributed by atoms with Gasteiger partial charge in [-0.05, 0) is 19.1 Å².